The Labute approximate surface area is 216 Å². The van der Waals surface area contributed by atoms with Crippen LogP contribution in [0.4, 0.5) is 0 Å². The molecule has 1 fully saturated rings. The summed E-state index contributed by atoms with van der Waals surface area (Å²) in [5.74, 6) is 2.57. The maximum absolute atomic E-state index is 8.21. The highest BCUT2D eigenvalue weighted by Crippen LogP contribution is 2.35. The van der Waals surface area contributed by atoms with Crippen molar-refractivity contribution in [3.63, 3.8) is 0 Å². The predicted molar refractivity (Wildman–Crippen MR) is 142 cm³/mol. The summed E-state index contributed by atoms with van der Waals surface area (Å²) in [7, 11) is 0. The Bertz CT molecular complexity index is 853. The van der Waals surface area contributed by atoms with Crippen molar-refractivity contribution in [2.75, 3.05) is 104 Å². The number of fused-ring (bicyclic) bond motifs is 19. The second kappa shape index (κ2) is 14.5. The van der Waals surface area contributed by atoms with E-state index in [2.05, 4.69) is 26.9 Å². The van der Waals surface area contributed by atoms with E-state index in [1.165, 1.54) is 9.79 Å². The summed E-state index contributed by atoms with van der Waals surface area (Å²) in [6.07, 6.45) is 0. The lowest BCUT2D eigenvalue weighted by molar-refractivity contribution is 0.00950. The molecule has 2 bridgehead atoms. The third-order valence-corrected chi connectivity index (χ3v) is 8.33. The maximum Gasteiger partial charge on any atom is 0.154 e. The number of ether oxygens (including phenoxy) is 4. The fraction of sp³-hybridized carbons (Fsp3) is 0.667. The first-order chi connectivity index (χ1) is 17.2. The fourth-order valence-electron chi connectivity index (χ4n) is 4.09. The van der Waals surface area contributed by atoms with Crippen LogP contribution in [-0.2, 0) is 18.9 Å². The first kappa shape index (κ1) is 26.9. The van der Waals surface area contributed by atoms with Crippen LogP contribution in [0.5, 0.6) is 0 Å². The summed E-state index contributed by atoms with van der Waals surface area (Å²) >= 11 is 3.68. The van der Waals surface area contributed by atoms with Gasteiger partial charge in [0.05, 0.1) is 52.9 Å². The minimum Gasteiger partial charge on any atom is -0.383 e. The first-order valence-electron chi connectivity index (χ1n) is 12.3. The van der Waals surface area contributed by atoms with Gasteiger partial charge >= 0.3 is 0 Å². The van der Waals surface area contributed by atoms with Crippen LogP contribution in [0.2, 0.25) is 0 Å². The molecule has 0 spiro atoms. The standard InChI is InChI=1S/C24H37N5O4S2/c25-23-19-17-21-22(18-20(19)24(26)27-23)35-16-6-29-3-9-32-12-11-30-7-1-28(5-15-34-21)2-8-31-13-14-33-10-4-29/h17-18H,1-16H2,(H3,25,26,27). The molecule has 1 aromatic carbocycles. The van der Waals surface area contributed by atoms with Crippen LogP contribution in [0.3, 0.4) is 0 Å². The molecule has 4 heterocycles. The Hall–Kier alpha value is -1.18. The molecule has 194 valence electrons. The quantitative estimate of drug-likeness (QED) is 0.525. The zero-order chi connectivity index (χ0) is 24.3. The molecule has 0 atom stereocenters. The molecule has 3 N–H and O–H groups in total. The SMILES string of the molecule is N=C1N=C(N)c2cc3c(cc21)SCCN1CCOCCOCCN(CCOCCOCC1)CCS3. The minimum absolute atomic E-state index is 0.252. The summed E-state index contributed by atoms with van der Waals surface area (Å²) in [6.45, 7) is 10.5. The lowest BCUT2D eigenvalue weighted by Crippen LogP contribution is -2.35. The molecule has 0 saturated carbocycles. The normalized spacial score (nSPS) is 26.4. The van der Waals surface area contributed by atoms with E-state index in [1.54, 1.807) is 0 Å². The third kappa shape index (κ3) is 8.43. The smallest absolute Gasteiger partial charge is 0.154 e. The number of nitrogens with one attached hydrogen (secondary N) is 1. The lowest BCUT2D eigenvalue weighted by atomic mass is 10.1. The van der Waals surface area contributed by atoms with Crippen molar-refractivity contribution in [1.82, 2.24) is 9.80 Å². The zero-order valence-electron chi connectivity index (χ0n) is 20.3. The minimum atomic E-state index is 0.252. The molecule has 0 aliphatic carbocycles. The number of nitrogens with two attached hydrogens (primary N) is 1. The summed E-state index contributed by atoms with van der Waals surface area (Å²) in [5.41, 5.74) is 7.82. The van der Waals surface area contributed by atoms with Gasteiger partial charge in [-0.05, 0) is 12.1 Å². The van der Waals surface area contributed by atoms with Gasteiger partial charge in [-0.1, -0.05) is 0 Å². The average Bonchev–Trinajstić information content (AvgIpc) is 3.12. The van der Waals surface area contributed by atoms with Crippen LogP contribution in [0.15, 0.2) is 26.9 Å². The topological polar surface area (TPSA) is 106 Å². The third-order valence-electron chi connectivity index (χ3n) is 6.13. The van der Waals surface area contributed by atoms with Crippen LogP contribution >= 0.6 is 23.5 Å². The van der Waals surface area contributed by atoms with Crippen LogP contribution in [-0.4, -0.2) is 125 Å². The Morgan fingerprint density at radius 2 is 1.09 bits per heavy atom. The number of aliphatic imine (C=N–C) groups is 1. The lowest BCUT2D eigenvalue weighted by Gasteiger charge is -2.24. The van der Waals surface area contributed by atoms with E-state index in [4.69, 9.17) is 30.1 Å². The van der Waals surface area contributed by atoms with Crippen molar-refractivity contribution in [2.24, 2.45) is 10.7 Å². The summed E-state index contributed by atoms with van der Waals surface area (Å²) in [4.78, 5) is 11.4. The number of hydrogen-bond donors (Lipinski definition) is 2. The number of amidine groups is 2. The van der Waals surface area contributed by atoms with Gasteiger partial charge < -0.3 is 24.7 Å². The van der Waals surface area contributed by atoms with Gasteiger partial charge in [-0.15, -0.1) is 23.5 Å². The van der Waals surface area contributed by atoms with E-state index in [9.17, 15) is 0 Å². The van der Waals surface area contributed by atoms with Crippen molar-refractivity contribution in [1.29, 1.82) is 5.41 Å². The summed E-state index contributed by atoms with van der Waals surface area (Å²) < 4.78 is 23.3. The van der Waals surface area contributed by atoms with E-state index in [0.29, 0.717) is 58.7 Å². The predicted octanol–water partition coefficient (Wildman–Crippen LogP) is 1.61. The van der Waals surface area contributed by atoms with Gasteiger partial charge in [0.2, 0.25) is 0 Å². The van der Waals surface area contributed by atoms with Crippen LogP contribution in [0, 0.1) is 5.41 Å². The molecule has 11 heteroatoms. The second-order valence-electron chi connectivity index (χ2n) is 8.52. The zero-order valence-corrected chi connectivity index (χ0v) is 22.0. The Morgan fingerprint density at radius 1 is 0.657 bits per heavy atom. The molecular formula is C24H37N5O4S2. The van der Waals surface area contributed by atoms with Gasteiger partial charge in [-0.3, -0.25) is 15.2 Å². The molecule has 4 aliphatic rings. The number of nitrogens with zero attached hydrogens (tertiary/aromatic N) is 3. The van der Waals surface area contributed by atoms with E-state index in [0.717, 1.165) is 61.9 Å². The van der Waals surface area contributed by atoms with E-state index >= 15 is 0 Å². The van der Waals surface area contributed by atoms with Gasteiger partial charge in [-0.25, -0.2) is 4.99 Å². The van der Waals surface area contributed by atoms with Crippen molar-refractivity contribution in [2.45, 2.75) is 9.79 Å². The molecule has 9 nitrogen and oxygen atoms in total. The molecule has 0 amide bonds. The highest BCUT2D eigenvalue weighted by molar-refractivity contribution is 8.02. The molecular weight excluding hydrogens is 486 g/mol. The van der Waals surface area contributed by atoms with Gasteiger partial charge in [0, 0.05) is 71.7 Å². The number of benzene rings is 1. The highest BCUT2D eigenvalue weighted by Gasteiger charge is 2.22. The fourth-order valence-corrected chi connectivity index (χ4v) is 6.39. The monoisotopic (exact) mass is 523 g/mol. The van der Waals surface area contributed by atoms with E-state index in [1.807, 2.05) is 23.5 Å². The largest absolute Gasteiger partial charge is 0.383 e. The highest BCUT2D eigenvalue weighted by atomic mass is 32.2. The van der Waals surface area contributed by atoms with Crippen molar-refractivity contribution in [3.8, 4) is 0 Å². The van der Waals surface area contributed by atoms with Gasteiger partial charge in [0.15, 0.2) is 5.84 Å². The van der Waals surface area contributed by atoms with Gasteiger partial charge in [-0.2, -0.15) is 0 Å². The molecule has 1 saturated heterocycles. The molecule has 5 rings (SSSR count). The number of rotatable bonds is 0. The van der Waals surface area contributed by atoms with Crippen LogP contribution < -0.4 is 5.73 Å². The molecule has 0 radical (unpaired) electrons. The Balaban J connectivity index is 1.54. The van der Waals surface area contributed by atoms with Crippen molar-refractivity contribution >= 4 is 35.2 Å². The molecule has 35 heavy (non-hydrogen) atoms. The Kier molecular flexibility index (Phi) is 11.2. The van der Waals surface area contributed by atoms with Gasteiger partial charge in [0.25, 0.3) is 0 Å². The van der Waals surface area contributed by atoms with E-state index in [-0.39, 0.29) is 5.84 Å². The average molecular weight is 524 g/mol. The van der Waals surface area contributed by atoms with Gasteiger partial charge in [0.1, 0.15) is 5.84 Å². The Morgan fingerprint density at radius 3 is 1.54 bits per heavy atom. The van der Waals surface area contributed by atoms with E-state index < -0.39 is 0 Å². The molecule has 0 unspecified atom stereocenters. The van der Waals surface area contributed by atoms with Crippen LogP contribution in [0.1, 0.15) is 11.1 Å². The molecule has 1 aromatic rings. The molecule has 4 aliphatic heterocycles. The van der Waals surface area contributed by atoms with Crippen molar-refractivity contribution < 1.29 is 18.9 Å². The summed E-state index contributed by atoms with van der Waals surface area (Å²) in [6, 6.07) is 4.22. The van der Waals surface area contributed by atoms with Crippen LogP contribution in [0.25, 0.3) is 0 Å². The van der Waals surface area contributed by atoms with Crippen molar-refractivity contribution in [3.05, 3.63) is 23.3 Å². The molecule has 0 aromatic heterocycles. The maximum atomic E-state index is 8.21. The second-order valence-corrected chi connectivity index (χ2v) is 10.8. The number of hydrogen-bond acceptors (Lipinski definition) is 10. The first-order valence-corrected chi connectivity index (χ1v) is 14.3. The summed E-state index contributed by atoms with van der Waals surface area (Å²) in [5, 5.41) is 8.21. The number of thioether (sulfide) groups is 2.